The Balaban J connectivity index is 1.60. The summed E-state index contributed by atoms with van der Waals surface area (Å²) in [4.78, 5) is 53.4. The molecular formula is C35H42F3NO12Si. The van der Waals surface area contributed by atoms with Crippen molar-refractivity contribution in [3.05, 3.63) is 51.6 Å². The third kappa shape index (κ3) is 6.85. The van der Waals surface area contributed by atoms with Crippen LogP contribution in [0.2, 0.25) is 18.1 Å². The highest BCUT2D eigenvalue weighted by Crippen LogP contribution is 2.53. The standard InChI is InChI=1S/C35H42F3NO12Si/c1-15-27(41)18(39-32(46)35(36,37)38)11-22(50-15)51-20-13-34(47,21(40)14-49-52(6,7)33(2,3)4)12-17-24(20)31(45)26-25(29(17)43)28(42)16-9-8-10-19(48-5)23(16)30(26)44/h8-10,15,18,20,22,27,41,43,45,47H,11-14H2,1-7H3,(H,39,46)/t15-,18+,20-,22-,27+,34-/m0/s1. The number of rotatable bonds is 8. The topological polar surface area (TPSA) is 198 Å². The number of carbonyl (C=O) groups is 4. The Kier molecular flexibility index (Phi) is 10.2. The van der Waals surface area contributed by atoms with Gasteiger partial charge in [0.1, 0.15) is 29.0 Å². The summed E-state index contributed by atoms with van der Waals surface area (Å²) in [6.45, 7) is 10.4. The number of phenolic OH excluding ortho intramolecular Hbond substituents is 2. The van der Waals surface area contributed by atoms with E-state index < -0.39 is 122 Å². The van der Waals surface area contributed by atoms with Crippen molar-refractivity contribution in [1.82, 2.24) is 5.32 Å². The number of phenols is 2. The normalized spacial score (nSPS) is 26.3. The van der Waals surface area contributed by atoms with Crippen molar-refractivity contribution < 1.29 is 71.4 Å². The van der Waals surface area contributed by atoms with Crippen LogP contribution in [0.15, 0.2) is 18.2 Å². The van der Waals surface area contributed by atoms with Crippen LogP contribution in [-0.2, 0) is 29.9 Å². The first-order valence-corrected chi connectivity index (χ1v) is 19.5. The molecule has 284 valence electrons. The van der Waals surface area contributed by atoms with Crippen LogP contribution < -0.4 is 10.1 Å². The third-order valence-electron chi connectivity index (χ3n) is 10.6. The van der Waals surface area contributed by atoms with Crippen LogP contribution in [0, 0.1) is 0 Å². The van der Waals surface area contributed by atoms with Gasteiger partial charge in [-0.25, -0.2) is 0 Å². The lowest BCUT2D eigenvalue weighted by molar-refractivity contribution is -0.250. The summed E-state index contributed by atoms with van der Waals surface area (Å²) < 4.78 is 62.5. The lowest BCUT2D eigenvalue weighted by atomic mass is 9.72. The second kappa shape index (κ2) is 13.5. The molecule has 0 radical (unpaired) electrons. The van der Waals surface area contributed by atoms with Gasteiger partial charge in [0.05, 0.1) is 48.7 Å². The van der Waals surface area contributed by atoms with Gasteiger partial charge in [0.25, 0.3) is 0 Å². The number of Topliss-reactive ketones (excluding diaryl/α,β-unsaturated/α-hetero) is 1. The molecule has 6 atom stereocenters. The summed E-state index contributed by atoms with van der Waals surface area (Å²) in [6, 6.07) is 2.69. The van der Waals surface area contributed by atoms with Gasteiger partial charge in [-0.2, -0.15) is 13.2 Å². The minimum Gasteiger partial charge on any atom is -0.507 e. The average molecular weight is 754 g/mol. The van der Waals surface area contributed by atoms with E-state index in [1.165, 1.54) is 32.2 Å². The van der Waals surface area contributed by atoms with Crippen molar-refractivity contribution in [1.29, 1.82) is 0 Å². The van der Waals surface area contributed by atoms with E-state index in [0.29, 0.717) is 0 Å². The number of benzene rings is 2. The van der Waals surface area contributed by atoms with E-state index in [-0.39, 0.29) is 33.0 Å². The number of aromatic hydroxyl groups is 2. The SMILES string of the molecule is COc1cccc2c1C(=O)c1c(O)c3c(c(O)c1C2=O)C[C@@](O)(C(=O)CO[Si](C)(C)C(C)(C)C)C[C@@H]3O[C@H]1C[C@@H](NC(=O)C(F)(F)F)[C@H](O)[C@H](C)O1. The summed E-state index contributed by atoms with van der Waals surface area (Å²) in [5.41, 5.74) is -4.40. The third-order valence-corrected chi connectivity index (χ3v) is 15.0. The second-order valence-corrected chi connectivity index (χ2v) is 19.8. The number of fused-ring (bicyclic) bond motifs is 3. The van der Waals surface area contributed by atoms with Crippen molar-refractivity contribution in [2.24, 2.45) is 0 Å². The highest BCUT2D eigenvalue weighted by molar-refractivity contribution is 6.74. The molecule has 0 saturated carbocycles. The number of carbonyl (C=O) groups excluding carboxylic acids is 4. The number of ketones is 3. The number of amides is 1. The fraction of sp³-hybridized carbons (Fsp3) is 0.543. The molecule has 0 bridgehead atoms. The fourth-order valence-electron chi connectivity index (χ4n) is 6.56. The van der Waals surface area contributed by atoms with Crippen LogP contribution >= 0.6 is 0 Å². The van der Waals surface area contributed by atoms with Gasteiger partial charge < -0.3 is 44.4 Å². The number of aliphatic hydroxyl groups excluding tert-OH is 1. The van der Waals surface area contributed by atoms with Crippen LogP contribution in [0.5, 0.6) is 17.2 Å². The minimum atomic E-state index is -5.27. The lowest BCUT2D eigenvalue weighted by Crippen LogP contribution is -2.57. The van der Waals surface area contributed by atoms with Crippen LogP contribution in [0.1, 0.15) is 89.6 Å². The van der Waals surface area contributed by atoms with E-state index in [1.54, 1.807) is 5.32 Å². The van der Waals surface area contributed by atoms with Crippen LogP contribution in [0.3, 0.4) is 0 Å². The maximum atomic E-state index is 13.9. The number of ether oxygens (including phenoxy) is 3. The zero-order chi connectivity index (χ0) is 38.9. The summed E-state index contributed by atoms with van der Waals surface area (Å²) in [7, 11) is -1.26. The summed E-state index contributed by atoms with van der Waals surface area (Å²) >= 11 is 0. The van der Waals surface area contributed by atoms with Crippen molar-refractivity contribution >= 4 is 31.6 Å². The summed E-state index contributed by atoms with van der Waals surface area (Å²) in [6.07, 6.45) is -13.0. The van der Waals surface area contributed by atoms with E-state index in [2.05, 4.69) is 0 Å². The van der Waals surface area contributed by atoms with E-state index in [0.717, 1.165) is 0 Å². The molecule has 52 heavy (non-hydrogen) atoms. The van der Waals surface area contributed by atoms with Gasteiger partial charge in [-0.3, -0.25) is 19.2 Å². The van der Waals surface area contributed by atoms with E-state index in [1.807, 2.05) is 33.9 Å². The lowest BCUT2D eigenvalue weighted by Gasteiger charge is -2.43. The molecule has 2 aromatic carbocycles. The van der Waals surface area contributed by atoms with Crippen LogP contribution in [0.25, 0.3) is 0 Å². The Morgan fingerprint density at radius 3 is 2.29 bits per heavy atom. The largest absolute Gasteiger partial charge is 0.507 e. The summed E-state index contributed by atoms with van der Waals surface area (Å²) in [5, 5.41) is 47.4. The molecule has 17 heteroatoms. The number of hydrogen-bond acceptors (Lipinski definition) is 12. The Hall–Kier alpha value is -3.87. The Labute approximate surface area is 298 Å². The maximum Gasteiger partial charge on any atom is 0.471 e. The van der Waals surface area contributed by atoms with Gasteiger partial charge in [-0.05, 0) is 31.1 Å². The number of aliphatic hydroxyl groups is 2. The number of methoxy groups -OCH3 is 1. The molecular weight excluding hydrogens is 711 g/mol. The monoisotopic (exact) mass is 753 g/mol. The van der Waals surface area contributed by atoms with E-state index in [4.69, 9.17) is 18.6 Å². The first-order chi connectivity index (χ1) is 23.9. The average Bonchev–Trinajstić information content (AvgIpc) is 3.04. The zero-order valence-electron chi connectivity index (χ0n) is 29.6. The quantitative estimate of drug-likeness (QED) is 0.165. The molecule has 0 aromatic heterocycles. The van der Waals surface area contributed by atoms with Crippen molar-refractivity contribution in [3.63, 3.8) is 0 Å². The first-order valence-electron chi connectivity index (χ1n) is 16.6. The predicted octanol–water partition coefficient (Wildman–Crippen LogP) is 3.75. The van der Waals surface area contributed by atoms with E-state index >= 15 is 0 Å². The number of alkyl halides is 3. The Morgan fingerprint density at radius 1 is 1.06 bits per heavy atom. The van der Waals surface area contributed by atoms with Gasteiger partial charge in [-0.15, -0.1) is 0 Å². The van der Waals surface area contributed by atoms with Gasteiger partial charge in [-0.1, -0.05) is 32.9 Å². The van der Waals surface area contributed by atoms with Gasteiger partial charge in [0, 0.05) is 36.0 Å². The molecule has 3 aliphatic rings. The molecule has 13 nitrogen and oxygen atoms in total. The highest BCUT2D eigenvalue weighted by atomic mass is 28.4. The number of hydrogen-bond donors (Lipinski definition) is 5. The first kappa shape index (κ1) is 39.3. The predicted molar refractivity (Wildman–Crippen MR) is 178 cm³/mol. The number of nitrogens with one attached hydrogen (secondary N) is 1. The molecule has 5 rings (SSSR count). The molecule has 0 spiro atoms. The van der Waals surface area contributed by atoms with Crippen LogP contribution in [0.4, 0.5) is 13.2 Å². The van der Waals surface area contributed by atoms with Gasteiger partial charge in [0.2, 0.25) is 5.78 Å². The molecule has 1 amide bonds. The number of halogens is 3. The molecule has 1 aliphatic heterocycles. The fourth-order valence-corrected chi connectivity index (χ4v) is 7.48. The minimum absolute atomic E-state index is 0.0164. The Bertz CT molecular complexity index is 1820. The molecule has 2 aromatic rings. The van der Waals surface area contributed by atoms with Crippen molar-refractivity contribution in [2.75, 3.05) is 13.7 Å². The molecule has 5 N–H and O–H groups in total. The molecule has 0 unspecified atom stereocenters. The highest BCUT2D eigenvalue weighted by Gasteiger charge is 2.52. The molecule has 1 saturated heterocycles. The van der Waals surface area contributed by atoms with Crippen molar-refractivity contribution in [2.45, 2.75) is 108 Å². The van der Waals surface area contributed by atoms with Crippen LogP contribution in [-0.4, -0.2) is 102 Å². The Morgan fingerprint density at radius 2 is 1.69 bits per heavy atom. The molecule has 1 heterocycles. The van der Waals surface area contributed by atoms with E-state index in [9.17, 15) is 52.8 Å². The smallest absolute Gasteiger partial charge is 0.471 e. The molecule has 1 fully saturated rings. The summed E-state index contributed by atoms with van der Waals surface area (Å²) in [5.74, 6) is -6.46. The molecule has 2 aliphatic carbocycles. The maximum absolute atomic E-state index is 13.9. The van der Waals surface area contributed by atoms with Crippen molar-refractivity contribution in [3.8, 4) is 17.2 Å². The van der Waals surface area contributed by atoms with Gasteiger partial charge in [0.15, 0.2) is 26.2 Å². The second-order valence-electron chi connectivity index (χ2n) is 15.0. The van der Waals surface area contributed by atoms with Gasteiger partial charge >= 0.3 is 12.1 Å². The zero-order valence-corrected chi connectivity index (χ0v) is 30.6.